The lowest BCUT2D eigenvalue weighted by atomic mass is 9.94. The van der Waals surface area contributed by atoms with Crippen LogP contribution in [0.3, 0.4) is 0 Å². The summed E-state index contributed by atoms with van der Waals surface area (Å²) < 4.78 is 0. The summed E-state index contributed by atoms with van der Waals surface area (Å²) in [5, 5.41) is 2.46. The van der Waals surface area contributed by atoms with Crippen molar-refractivity contribution in [2.45, 2.75) is 53.9 Å². The molecule has 0 spiro atoms. The maximum absolute atomic E-state index is 4.86. The average molecular weight is 398 g/mol. The highest BCUT2D eigenvalue weighted by molar-refractivity contribution is 6.03. The zero-order valence-electron chi connectivity index (χ0n) is 19.2. The number of hydrogen-bond donors (Lipinski definition) is 0. The molecule has 0 aliphatic carbocycles. The predicted octanol–water partition coefficient (Wildman–Crippen LogP) is 8.96. The minimum atomic E-state index is 1.01. The molecule has 0 aliphatic heterocycles. The largest absolute Gasteiger partial charge is 0.255 e. The van der Waals surface area contributed by atoms with Gasteiger partial charge in [-0.3, -0.25) is 4.98 Å². The molecule has 0 bridgehead atoms. The van der Waals surface area contributed by atoms with Crippen molar-refractivity contribution in [3.05, 3.63) is 90.6 Å². The van der Waals surface area contributed by atoms with E-state index < -0.39 is 0 Å². The predicted molar refractivity (Wildman–Crippen MR) is 134 cm³/mol. The first-order valence-electron chi connectivity index (χ1n) is 11.3. The van der Waals surface area contributed by atoms with Crippen molar-refractivity contribution in [3.8, 4) is 22.4 Å². The number of unbranched alkanes of at least 4 members (excludes halogenated alkanes) is 1. The van der Waals surface area contributed by atoms with Gasteiger partial charge in [-0.2, -0.15) is 0 Å². The monoisotopic (exact) mass is 397 g/mol. The van der Waals surface area contributed by atoms with Gasteiger partial charge >= 0.3 is 0 Å². The molecule has 1 heterocycles. The van der Waals surface area contributed by atoms with E-state index in [1.165, 1.54) is 45.9 Å². The van der Waals surface area contributed by atoms with E-state index in [1.54, 1.807) is 0 Å². The summed E-state index contributed by atoms with van der Waals surface area (Å²) in [6, 6.07) is 27.6. The first-order valence-corrected chi connectivity index (χ1v) is 11.3. The van der Waals surface area contributed by atoms with E-state index in [-0.39, 0.29) is 0 Å². The van der Waals surface area contributed by atoms with Gasteiger partial charge in [-0.25, -0.2) is 0 Å². The summed E-state index contributed by atoms with van der Waals surface area (Å²) in [6.07, 6.45) is 5.66. The molecule has 0 radical (unpaired) electrons. The molecule has 156 valence electrons. The average Bonchev–Trinajstić information content (AvgIpc) is 2.85. The number of hydrogen-bond acceptors (Lipinski definition) is 1. The van der Waals surface area contributed by atoms with Crippen LogP contribution in [0.1, 0.15) is 53.0 Å². The van der Waals surface area contributed by atoms with Crippen LogP contribution in [-0.4, -0.2) is 4.98 Å². The molecule has 1 nitrogen and oxygen atoms in total. The molecular formula is C29H35N. The minimum absolute atomic E-state index is 1.01. The van der Waals surface area contributed by atoms with Crippen molar-refractivity contribution in [3.63, 3.8) is 0 Å². The third kappa shape index (κ3) is 5.57. The molecule has 0 fully saturated rings. The molecule has 0 aliphatic rings. The summed E-state index contributed by atoms with van der Waals surface area (Å²) in [4.78, 5) is 4.86. The topological polar surface area (TPSA) is 12.9 Å². The zero-order chi connectivity index (χ0) is 21.8. The molecule has 1 heteroatoms. The number of rotatable bonds is 4. The molecule has 0 unspecified atom stereocenters. The zero-order valence-corrected chi connectivity index (χ0v) is 19.2. The summed E-state index contributed by atoms with van der Waals surface area (Å²) >= 11 is 0. The molecule has 3 aromatic carbocycles. The van der Waals surface area contributed by atoms with E-state index in [0.29, 0.717) is 0 Å². The van der Waals surface area contributed by atoms with E-state index >= 15 is 0 Å². The highest BCUT2D eigenvalue weighted by atomic mass is 14.7. The van der Waals surface area contributed by atoms with Gasteiger partial charge in [-0.15, -0.1) is 0 Å². The van der Waals surface area contributed by atoms with Crippen molar-refractivity contribution in [2.24, 2.45) is 0 Å². The summed E-state index contributed by atoms with van der Waals surface area (Å²) in [6.45, 7) is 10.6. The maximum Gasteiger partial charge on any atom is 0.0783 e. The van der Waals surface area contributed by atoms with Crippen LogP contribution in [0.2, 0.25) is 0 Å². The van der Waals surface area contributed by atoms with Crippen molar-refractivity contribution in [1.29, 1.82) is 0 Å². The van der Waals surface area contributed by atoms with Crippen LogP contribution in [0.25, 0.3) is 33.2 Å². The number of fused-ring (bicyclic) bond motifs is 1. The summed E-state index contributed by atoms with van der Waals surface area (Å²) in [7, 11) is 0. The Morgan fingerprint density at radius 2 is 1.17 bits per heavy atom. The van der Waals surface area contributed by atoms with Crippen LogP contribution in [-0.2, 0) is 6.42 Å². The number of aryl methyl sites for hydroxylation is 1. The normalized spacial score (nSPS) is 9.90. The fraction of sp³-hybridized carbons (Fsp3) is 0.276. The number of pyridine rings is 1. The maximum atomic E-state index is 4.86. The van der Waals surface area contributed by atoms with Gasteiger partial charge in [0.05, 0.1) is 5.69 Å². The Morgan fingerprint density at radius 3 is 1.80 bits per heavy atom. The molecule has 1 aromatic heterocycles. The molecule has 0 atom stereocenters. The fourth-order valence-electron chi connectivity index (χ4n) is 3.31. The van der Waals surface area contributed by atoms with Gasteiger partial charge in [0.1, 0.15) is 0 Å². The van der Waals surface area contributed by atoms with Crippen molar-refractivity contribution in [2.75, 3.05) is 0 Å². The number of aromatic nitrogens is 1. The first-order chi connectivity index (χ1) is 14.8. The Kier molecular flexibility index (Phi) is 9.80. The molecule has 0 saturated heterocycles. The third-order valence-electron chi connectivity index (χ3n) is 5.03. The van der Waals surface area contributed by atoms with E-state index in [1.807, 2.05) is 26.1 Å². The van der Waals surface area contributed by atoms with Gasteiger partial charge in [0, 0.05) is 22.7 Å². The lowest BCUT2D eigenvalue weighted by Crippen LogP contribution is -1.93. The number of benzene rings is 3. The van der Waals surface area contributed by atoms with E-state index in [4.69, 9.17) is 4.98 Å². The SMILES string of the molecule is CC.CCCC.CCc1ccccc1-c1ncc(-c2ccccc2)c2ccccc12. The van der Waals surface area contributed by atoms with Crippen molar-refractivity contribution < 1.29 is 0 Å². The quantitative estimate of drug-likeness (QED) is 0.335. The summed E-state index contributed by atoms with van der Waals surface area (Å²) in [5.41, 5.74) is 6.03. The second kappa shape index (κ2) is 12.6. The van der Waals surface area contributed by atoms with E-state index in [2.05, 4.69) is 93.6 Å². The van der Waals surface area contributed by atoms with Crippen LogP contribution in [0, 0.1) is 0 Å². The lowest BCUT2D eigenvalue weighted by molar-refractivity contribution is 0.886. The molecular weight excluding hydrogens is 362 g/mol. The standard InChI is InChI=1S/C23H19N.C4H10.C2H6/c1-2-17-10-6-7-13-19(17)23-21-15-9-8-14-20(21)22(16-24-23)18-11-4-3-5-12-18;1-3-4-2;1-2/h3-16H,2H2,1H3;3-4H2,1-2H3;1-2H3. The van der Waals surface area contributed by atoms with Crippen LogP contribution in [0.15, 0.2) is 85.1 Å². The van der Waals surface area contributed by atoms with Gasteiger partial charge in [0.2, 0.25) is 0 Å². The van der Waals surface area contributed by atoms with Crippen LogP contribution >= 0.6 is 0 Å². The molecule has 4 aromatic rings. The first kappa shape index (κ1) is 23.3. The van der Waals surface area contributed by atoms with Crippen LogP contribution in [0.5, 0.6) is 0 Å². The Morgan fingerprint density at radius 1 is 0.600 bits per heavy atom. The van der Waals surface area contributed by atoms with Crippen LogP contribution in [0.4, 0.5) is 0 Å². The Balaban J connectivity index is 0.000000481. The Bertz CT molecular complexity index is 1020. The van der Waals surface area contributed by atoms with Gasteiger partial charge in [-0.1, -0.05) is 126 Å². The molecule has 30 heavy (non-hydrogen) atoms. The second-order valence-electron chi connectivity index (χ2n) is 6.94. The van der Waals surface area contributed by atoms with Gasteiger partial charge in [-0.05, 0) is 22.9 Å². The number of nitrogens with zero attached hydrogens (tertiary/aromatic N) is 1. The lowest BCUT2D eigenvalue weighted by Gasteiger charge is -2.13. The highest BCUT2D eigenvalue weighted by Gasteiger charge is 2.12. The molecule has 0 N–H and O–H groups in total. The Hall–Kier alpha value is -2.93. The molecule has 0 saturated carbocycles. The second-order valence-corrected chi connectivity index (χ2v) is 6.94. The molecule has 0 amide bonds. The third-order valence-corrected chi connectivity index (χ3v) is 5.03. The summed E-state index contributed by atoms with van der Waals surface area (Å²) in [5.74, 6) is 0. The highest BCUT2D eigenvalue weighted by Crippen LogP contribution is 2.34. The smallest absolute Gasteiger partial charge is 0.0783 e. The van der Waals surface area contributed by atoms with E-state index in [9.17, 15) is 0 Å². The Labute approximate surface area is 182 Å². The van der Waals surface area contributed by atoms with Gasteiger partial charge in [0.15, 0.2) is 0 Å². The van der Waals surface area contributed by atoms with Gasteiger partial charge < -0.3 is 0 Å². The van der Waals surface area contributed by atoms with Crippen molar-refractivity contribution in [1.82, 2.24) is 4.98 Å². The van der Waals surface area contributed by atoms with Crippen molar-refractivity contribution >= 4 is 10.8 Å². The van der Waals surface area contributed by atoms with E-state index in [0.717, 1.165) is 12.1 Å². The fourth-order valence-corrected chi connectivity index (χ4v) is 3.31. The minimum Gasteiger partial charge on any atom is -0.255 e. The van der Waals surface area contributed by atoms with Gasteiger partial charge in [0.25, 0.3) is 0 Å². The molecule has 4 rings (SSSR count). The van der Waals surface area contributed by atoms with Crippen LogP contribution < -0.4 is 0 Å².